The van der Waals surface area contributed by atoms with Crippen molar-refractivity contribution in [3.8, 4) is 0 Å². The molecule has 2 fully saturated rings. The number of ether oxygens (including phenoxy) is 2. The van der Waals surface area contributed by atoms with Gasteiger partial charge in [0.05, 0.1) is 17.9 Å². The van der Waals surface area contributed by atoms with Crippen LogP contribution in [-0.2, 0) is 19.6 Å². The van der Waals surface area contributed by atoms with Gasteiger partial charge in [-0.2, -0.15) is 0 Å². The van der Waals surface area contributed by atoms with Crippen molar-refractivity contribution >= 4 is 18.0 Å². The number of rotatable bonds is 7. The molecule has 4 rings (SSSR count). The molecule has 6 nitrogen and oxygen atoms in total. The molecule has 0 bridgehead atoms. The van der Waals surface area contributed by atoms with E-state index in [1.54, 1.807) is 20.3 Å². The Bertz CT molecular complexity index is 953. The fourth-order valence-corrected chi connectivity index (χ4v) is 12.4. The molecule has 35 heavy (non-hydrogen) atoms. The molecule has 0 radical (unpaired) electrons. The summed E-state index contributed by atoms with van der Waals surface area (Å²) in [5, 5.41) is -1.22. The van der Waals surface area contributed by atoms with Crippen LogP contribution < -0.4 is 29.6 Å². The van der Waals surface area contributed by atoms with Crippen molar-refractivity contribution in [1.29, 1.82) is 0 Å². The normalized spacial score (nSPS) is 26.2. The summed E-state index contributed by atoms with van der Waals surface area (Å²) in [6.45, 7) is 0. The van der Waals surface area contributed by atoms with Crippen LogP contribution in [0.3, 0.4) is 0 Å². The van der Waals surface area contributed by atoms with E-state index in [1.807, 2.05) is 30.3 Å². The topological polar surface area (TPSA) is 107 Å². The Morgan fingerprint density at radius 1 is 0.886 bits per heavy atom. The molecule has 0 aromatic heterocycles. The van der Waals surface area contributed by atoms with Crippen LogP contribution in [-0.4, -0.2) is 49.3 Å². The summed E-state index contributed by atoms with van der Waals surface area (Å²) in [7, 11) is -2.50. The molecule has 2 saturated carbocycles. The summed E-state index contributed by atoms with van der Waals surface area (Å²) < 4.78 is 50.8. The summed E-state index contributed by atoms with van der Waals surface area (Å²) in [6, 6.07) is 9.86. The number of methoxy groups -OCH3 is 2. The molecule has 190 valence electrons. The Morgan fingerprint density at radius 3 is 1.83 bits per heavy atom. The first kappa shape index (κ1) is 31.0. The molecule has 2 unspecified atom stereocenters. The van der Waals surface area contributed by atoms with Gasteiger partial charge in [0.1, 0.15) is 21.2 Å². The van der Waals surface area contributed by atoms with Gasteiger partial charge in [-0.25, -0.2) is 8.42 Å². The van der Waals surface area contributed by atoms with Crippen LogP contribution in [0.15, 0.2) is 53.1 Å². The maximum atomic E-state index is 12.8. The maximum absolute atomic E-state index is 12.8. The van der Waals surface area contributed by atoms with Gasteiger partial charge < -0.3 is 19.5 Å². The average molecular weight is 533 g/mol. The van der Waals surface area contributed by atoms with Gasteiger partial charge in [0.2, 0.25) is 0 Å². The molecule has 0 amide bonds. The number of hydrogen-bond donors (Lipinski definition) is 0. The van der Waals surface area contributed by atoms with Gasteiger partial charge in [-0.05, 0) is 54.7 Å². The van der Waals surface area contributed by atoms with Crippen molar-refractivity contribution in [2.24, 2.45) is 0 Å². The van der Waals surface area contributed by atoms with E-state index in [4.69, 9.17) is 9.47 Å². The SMILES string of the molecule is COC1=CC=C(S(=O)(=O)[O-])C(OC)(P(C2CCCCC2)C2CCCCC2)C1c1ccccc1.O.[Na+]. The third kappa shape index (κ3) is 6.26. The van der Waals surface area contributed by atoms with Crippen molar-refractivity contribution in [1.82, 2.24) is 0 Å². The molecular formula is C26H38NaO6PS. The zero-order chi connectivity index (χ0) is 23.5. The molecule has 1 aromatic carbocycles. The minimum atomic E-state index is -4.74. The third-order valence-corrected chi connectivity index (χ3v) is 12.9. The van der Waals surface area contributed by atoms with E-state index in [1.165, 1.54) is 18.9 Å². The Kier molecular flexibility index (Phi) is 12.0. The molecule has 0 heterocycles. The molecule has 2 atom stereocenters. The van der Waals surface area contributed by atoms with Crippen LogP contribution in [0.5, 0.6) is 0 Å². The van der Waals surface area contributed by atoms with E-state index in [0.717, 1.165) is 56.9 Å². The van der Waals surface area contributed by atoms with E-state index < -0.39 is 29.3 Å². The fraction of sp³-hybridized carbons (Fsp3) is 0.615. The zero-order valence-corrected chi connectivity index (χ0v) is 25.0. The van der Waals surface area contributed by atoms with Gasteiger partial charge in [0, 0.05) is 7.11 Å². The van der Waals surface area contributed by atoms with Crippen molar-refractivity contribution in [3.63, 3.8) is 0 Å². The summed E-state index contributed by atoms with van der Waals surface area (Å²) in [5.74, 6) is 0.196. The molecular weight excluding hydrogens is 494 g/mol. The Labute approximate surface area is 234 Å². The molecule has 0 aliphatic heterocycles. The largest absolute Gasteiger partial charge is 1.00 e. The number of hydrogen-bond acceptors (Lipinski definition) is 5. The van der Waals surface area contributed by atoms with Crippen molar-refractivity contribution < 1.29 is 57.5 Å². The zero-order valence-electron chi connectivity index (χ0n) is 21.2. The second-order valence-corrected chi connectivity index (χ2v) is 13.8. The number of allylic oxidation sites excluding steroid dienone is 2. The maximum Gasteiger partial charge on any atom is 1.00 e. The second-order valence-electron chi connectivity index (χ2n) is 9.49. The monoisotopic (exact) mass is 532 g/mol. The van der Waals surface area contributed by atoms with Crippen LogP contribution in [0, 0.1) is 0 Å². The first-order valence-electron chi connectivity index (χ1n) is 12.2. The van der Waals surface area contributed by atoms with E-state index in [0.29, 0.717) is 17.1 Å². The van der Waals surface area contributed by atoms with E-state index >= 15 is 0 Å². The quantitative estimate of drug-likeness (QED) is 0.305. The standard InChI is InChI=1S/C26H37O5PS.Na.H2O/c1-30-23-18-19-24(33(27,28)29)26(31-2,25(23)20-12-6-3-7-13-20)32(21-14-8-4-9-15-21)22-16-10-5-11-17-22;;/h3,6-7,12-13,18-19,21-22,25H,4-5,8-11,14-17H2,1-2H3,(H,27,28,29);;1H2/q;+1;/p-1. The predicted molar refractivity (Wildman–Crippen MR) is 136 cm³/mol. The van der Waals surface area contributed by atoms with Crippen molar-refractivity contribution in [3.05, 3.63) is 58.7 Å². The summed E-state index contributed by atoms with van der Waals surface area (Å²) in [4.78, 5) is -0.102. The van der Waals surface area contributed by atoms with Crippen LogP contribution in [0.2, 0.25) is 0 Å². The molecule has 1 aromatic rings. The first-order valence-corrected chi connectivity index (χ1v) is 15.1. The molecule has 3 aliphatic rings. The molecule has 3 aliphatic carbocycles. The molecule has 0 saturated heterocycles. The van der Waals surface area contributed by atoms with Gasteiger partial charge in [0.15, 0.2) is 0 Å². The van der Waals surface area contributed by atoms with Crippen LogP contribution in [0.1, 0.15) is 75.7 Å². The average Bonchev–Trinajstić information content (AvgIpc) is 2.84. The Morgan fingerprint density at radius 2 is 1.40 bits per heavy atom. The van der Waals surface area contributed by atoms with Gasteiger partial charge >= 0.3 is 29.6 Å². The second kappa shape index (κ2) is 13.5. The smallest absolute Gasteiger partial charge is 0.744 e. The van der Waals surface area contributed by atoms with Crippen LogP contribution >= 0.6 is 7.92 Å². The minimum absolute atomic E-state index is 0. The Balaban J connectivity index is 0.00000216. The third-order valence-electron chi connectivity index (χ3n) is 7.70. The predicted octanol–water partition coefficient (Wildman–Crippen LogP) is 2.41. The molecule has 0 spiro atoms. The minimum Gasteiger partial charge on any atom is -0.744 e. The van der Waals surface area contributed by atoms with Crippen molar-refractivity contribution in [2.45, 2.75) is 86.8 Å². The van der Waals surface area contributed by atoms with E-state index in [-0.39, 0.29) is 39.9 Å². The Hall–Kier alpha value is -0.240. The summed E-state index contributed by atoms with van der Waals surface area (Å²) in [6.07, 6.45) is 14.5. The van der Waals surface area contributed by atoms with Crippen LogP contribution in [0.4, 0.5) is 0 Å². The molecule has 9 heteroatoms. The number of benzene rings is 1. The van der Waals surface area contributed by atoms with E-state index in [9.17, 15) is 13.0 Å². The fourth-order valence-electron chi connectivity index (χ4n) is 6.35. The molecule has 2 N–H and O–H groups in total. The van der Waals surface area contributed by atoms with Gasteiger partial charge in [-0.3, -0.25) is 0 Å². The van der Waals surface area contributed by atoms with E-state index in [2.05, 4.69) is 0 Å². The summed E-state index contributed by atoms with van der Waals surface area (Å²) in [5.41, 5.74) is 1.69. The van der Waals surface area contributed by atoms with Crippen molar-refractivity contribution in [2.75, 3.05) is 14.2 Å². The summed E-state index contributed by atoms with van der Waals surface area (Å²) >= 11 is 0. The first-order chi connectivity index (χ1) is 15.9. The van der Waals surface area contributed by atoms with Gasteiger partial charge in [-0.15, -0.1) is 0 Å². The van der Waals surface area contributed by atoms with Gasteiger partial charge in [0.25, 0.3) is 0 Å². The van der Waals surface area contributed by atoms with Crippen LogP contribution in [0.25, 0.3) is 0 Å². The van der Waals surface area contributed by atoms with Gasteiger partial charge in [-0.1, -0.05) is 76.8 Å².